The van der Waals surface area contributed by atoms with Gasteiger partial charge >= 0.3 is 5.69 Å². The minimum atomic E-state index is -0.541. The first-order valence-corrected chi connectivity index (χ1v) is 13.0. The SMILES string of the molecule is O=C(CCCCCn1c(=O)c2sccc2n(CC(=O)c2ccc(Cl)c(Cl)c2)c1=O)Nc1ccccc1. The number of carbonyl (C=O) groups excluding carboxylic acids is 2. The number of Topliss-reactive ketones (excluding diaryl/α,β-unsaturated/α-hetero) is 1. The van der Waals surface area contributed by atoms with Crippen molar-refractivity contribution in [3.8, 4) is 0 Å². The van der Waals surface area contributed by atoms with Crippen LogP contribution in [0.3, 0.4) is 0 Å². The van der Waals surface area contributed by atoms with Gasteiger partial charge < -0.3 is 5.32 Å². The molecular formula is C26H23Cl2N3O4S. The second-order valence-electron chi connectivity index (χ2n) is 8.24. The van der Waals surface area contributed by atoms with Crippen molar-refractivity contribution in [1.82, 2.24) is 9.13 Å². The summed E-state index contributed by atoms with van der Waals surface area (Å²) in [5.41, 5.74) is 0.587. The van der Waals surface area contributed by atoms with Crippen molar-refractivity contribution in [3.05, 3.63) is 96.4 Å². The lowest BCUT2D eigenvalue weighted by atomic mass is 10.1. The van der Waals surface area contributed by atoms with Crippen LogP contribution in [0.2, 0.25) is 10.0 Å². The number of amides is 1. The molecule has 10 heteroatoms. The van der Waals surface area contributed by atoms with Gasteiger partial charge in [0.05, 0.1) is 22.1 Å². The molecule has 0 aliphatic heterocycles. The molecule has 36 heavy (non-hydrogen) atoms. The topological polar surface area (TPSA) is 90.2 Å². The Morgan fingerprint density at radius 2 is 1.67 bits per heavy atom. The van der Waals surface area contributed by atoms with Crippen LogP contribution < -0.4 is 16.6 Å². The maximum atomic E-state index is 13.2. The zero-order valence-electron chi connectivity index (χ0n) is 19.2. The van der Waals surface area contributed by atoms with Gasteiger partial charge in [0.1, 0.15) is 4.70 Å². The quantitative estimate of drug-likeness (QED) is 0.208. The Hall–Kier alpha value is -3.20. The predicted molar refractivity (Wildman–Crippen MR) is 145 cm³/mol. The van der Waals surface area contributed by atoms with Gasteiger partial charge in [0, 0.05) is 24.2 Å². The molecule has 1 N–H and O–H groups in total. The Kier molecular flexibility index (Phi) is 8.40. The van der Waals surface area contributed by atoms with Crippen molar-refractivity contribution in [2.75, 3.05) is 5.32 Å². The summed E-state index contributed by atoms with van der Waals surface area (Å²) in [6.45, 7) is -0.0310. The smallest absolute Gasteiger partial charge is 0.326 e. The molecule has 0 saturated carbocycles. The lowest BCUT2D eigenvalue weighted by Gasteiger charge is -2.12. The third-order valence-corrected chi connectivity index (χ3v) is 7.35. The second-order valence-corrected chi connectivity index (χ2v) is 9.97. The van der Waals surface area contributed by atoms with Gasteiger partial charge in [-0.15, -0.1) is 11.3 Å². The number of hydrogen-bond donors (Lipinski definition) is 1. The summed E-state index contributed by atoms with van der Waals surface area (Å²) in [6.07, 6.45) is 2.18. The summed E-state index contributed by atoms with van der Waals surface area (Å²) in [6, 6.07) is 15.4. The van der Waals surface area contributed by atoms with Crippen molar-refractivity contribution in [2.45, 2.75) is 38.8 Å². The number of anilines is 1. The van der Waals surface area contributed by atoms with Crippen LogP contribution in [0.25, 0.3) is 10.2 Å². The van der Waals surface area contributed by atoms with Crippen LogP contribution in [-0.4, -0.2) is 20.8 Å². The summed E-state index contributed by atoms with van der Waals surface area (Å²) in [7, 11) is 0. The third-order valence-electron chi connectivity index (χ3n) is 5.72. The Morgan fingerprint density at radius 3 is 2.42 bits per heavy atom. The molecule has 1 amide bonds. The number of halogens is 2. The predicted octanol–water partition coefficient (Wildman–Crippen LogP) is 5.61. The van der Waals surface area contributed by atoms with Crippen molar-refractivity contribution >= 4 is 62.1 Å². The van der Waals surface area contributed by atoms with Crippen molar-refractivity contribution in [3.63, 3.8) is 0 Å². The highest BCUT2D eigenvalue weighted by Crippen LogP contribution is 2.23. The van der Waals surface area contributed by atoms with Crippen LogP contribution in [0.15, 0.2) is 69.6 Å². The number of para-hydroxylation sites is 1. The summed E-state index contributed by atoms with van der Waals surface area (Å²) < 4.78 is 2.91. The van der Waals surface area contributed by atoms with E-state index in [-0.39, 0.29) is 35.4 Å². The number of aromatic nitrogens is 2. The van der Waals surface area contributed by atoms with Crippen LogP contribution >= 0.6 is 34.5 Å². The van der Waals surface area contributed by atoms with Gasteiger partial charge in [-0.05, 0) is 54.6 Å². The summed E-state index contributed by atoms with van der Waals surface area (Å²) >= 11 is 13.2. The second kappa shape index (κ2) is 11.7. The lowest BCUT2D eigenvalue weighted by Crippen LogP contribution is -2.40. The molecule has 0 radical (unpaired) electrons. The molecule has 0 aliphatic carbocycles. The molecular weight excluding hydrogens is 521 g/mol. The first-order valence-electron chi connectivity index (χ1n) is 11.4. The maximum Gasteiger partial charge on any atom is 0.331 e. The molecule has 186 valence electrons. The standard InChI is InChI=1S/C26H23Cl2N3O4S/c27-19-11-10-17(15-20(19)28)22(32)16-31-21-12-14-36-24(21)25(34)30(26(31)35)13-6-2-5-9-23(33)29-18-7-3-1-4-8-18/h1,3-4,7-8,10-12,14-15H,2,5-6,9,13,16H2,(H,29,33). The van der Waals surface area contributed by atoms with E-state index in [1.165, 1.54) is 32.6 Å². The number of rotatable bonds is 10. The molecule has 0 atom stereocenters. The van der Waals surface area contributed by atoms with Gasteiger partial charge in [0.2, 0.25) is 5.91 Å². The molecule has 0 spiro atoms. The monoisotopic (exact) mass is 543 g/mol. The van der Waals surface area contributed by atoms with E-state index in [1.807, 2.05) is 30.3 Å². The minimum absolute atomic E-state index is 0.0819. The average molecular weight is 544 g/mol. The number of benzene rings is 2. The number of nitrogens with zero attached hydrogens (tertiary/aromatic N) is 2. The Balaban J connectivity index is 1.43. The van der Waals surface area contributed by atoms with Crippen molar-refractivity contribution in [2.24, 2.45) is 0 Å². The van der Waals surface area contributed by atoms with Crippen LogP contribution in [-0.2, 0) is 17.9 Å². The number of ketones is 1. The highest BCUT2D eigenvalue weighted by atomic mass is 35.5. The van der Waals surface area contributed by atoms with E-state index >= 15 is 0 Å². The van der Waals surface area contributed by atoms with Crippen molar-refractivity contribution < 1.29 is 9.59 Å². The van der Waals surface area contributed by atoms with Crippen LogP contribution in [0.4, 0.5) is 5.69 Å². The van der Waals surface area contributed by atoms with Crippen molar-refractivity contribution in [1.29, 1.82) is 0 Å². The van der Waals surface area contributed by atoms with Gasteiger partial charge in [0.25, 0.3) is 5.56 Å². The van der Waals surface area contributed by atoms with E-state index in [0.29, 0.717) is 46.5 Å². The Labute approximate surface area is 220 Å². The maximum absolute atomic E-state index is 13.2. The molecule has 0 fully saturated rings. The molecule has 0 aliphatic rings. The normalized spacial score (nSPS) is 11.1. The first kappa shape index (κ1) is 25.9. The van der Waals surface area contributed by atoms with Gasteiger partial charge in [-0.3, -0.25) is 23.5 Å². The van der Waals surface area contributed by atoms with E-state index < -0.39 is 5.69 Å². The largest absolute Gasteiger partial charge is 0.331 e. The van der Waals surface area contributed by atoms with Crippen LogP contribution in [0.5, 0.6) is 0 Å². The fourth-order valence-corrected chi connectivity index (χ4v) is 5.01. The average Bonchev–Trinajstić information content (AvgIpc) is 3.36. The first-order chi connectivity index (χ1) is 17.3. The van der Waals surface area contributed by atoms with E-state index in [4.69, 9.17) is 23.2 Å². The summed E-state index contributed by atoms with van der Waals surface area (Å²) in [5, 5.41) is 5.14. The zero-order valence-corrected chi connectivity index (χ0v) is 21.5. The zero-order chi connectivity index (χ0) is 25.7. The van der Waals surface area contributed by atoms with Gasteiger partial charge in [-0.2, -0.15) is 0 Å². The minimum Gasteiger partial charge on any atom is -0.326 e. The molecule has 4 rings (SSSR count). The number of fused-ring (bicyclic) bond motifs is 1. The molecule has 4 aromatic rings. The summed E-state index contributed by atoms with van der Waals surface area (Å²) in [5.74, 6) is -0.403. The number of carbonyl (C=O) groups is 2. The van der Waals surface area contributed by atoms with E-state index in [1.54, 1.807) is 17.5 Å². The Bertz CT molecular complexity index is 1530. The molecule has 2 aromatic carbocycles. The number of nitrogens with one attached hydrogen (secondary N) is 1. The van der Waals surface area contributed by atoms with E-state index in [2.05, 4.69) is 5.32 Å². The highest BCUT2D eigenvalue weighted by Gasteiger charge is 2.17. The molecule has 7 nitrogen and oxygen atoms in total. The van der Waals surface area contributed by atoms with E-state index in [0.717, 1.165) is 5.69 Å². The van der Waals surface area contributed by atoms with E-state index in [9.17, 15) is 19.2 Å². The van der Waals surface area contributed by atoms with Gasteiger partial charge in [0.15, 0.2) is 5.78 Å². The van der Waals surface area contributed by atoms with Gasteiger partial charge in [-0.25, -0.2) is 4.79 Å². The summed E-state index contributed by atoms with van der Waals surface area (Å²) in [4.78, 5) is 51.2. The molecule has 0 bridgehead atoms. The lowest BCUT2D eigenvalue weighted by molar-refractivity contribution is -0.116. The molecule has 2 heterocycles. The third kappa shape index (κ3) is 5.95. The van der Waals surface area contributed by atoms with Gasteiger partial charge in [-0.1, -0.05) is 47.8 Å². The molecule has 2 aromatic heterocycles. The fourth-order valence-electron chi connectivity index (χ4n) is 3.86. The number of thiophene rings is 1. The number of hydrogen-bond acceptors (Lipinski definition) is 5. The fraction of sp³-hybridized carbons (Fsp3) is 0.231. The van der Waals surface area contributed by atoms with Crippen LogP contribution in [0.1, 0.15) is 36.0 Å². The highest BCUT2D eigenvalue weighted by molar-refractivity contribution is 7.17. The Morgan fingerprint density at radius 1 is 0.889 bits per heavy atom. The molecule has 0 unspecified atom stereocenters. The van der Waals surface area contributed by atoms with Crippen LogP contribution in [0, 0.1) is 0 Å². The number of unbranched alkanes of at least 4 members (excludes halogenated alkanes) is 2. The molecule has 0 saturated heterocycles.